The number of aromatic nitrogens is 4. The van der Waals surface area contributed by atoms with Crippen LogP contribution in [-0.2, 0) is 13.0 Å². The molecule has 0 radical (unpaired) electrons. The van der Waals surface area contributed by atoms with Crippen LogP contribution < -0.4 is 10.2 Å². The number of anilines is 1. The van der Waals surface area contributed by atoms with Gasteiger partial charge in [-0.15, -0.1) is 0 Å². The van der Waals surface area contributed by atoms with Crippen LogP contribution in [-0.4, -0.2) is 46.3 Å². The number of hydrogen-bond acceptors (Lipinski definition) is 5. The number of carbonyl (C=O) groups excluding carboxylic acids is 1. The molecule has 2 heterocycles. The van der Waals surface area contributed by atoms with Gasteiger partial charge in [0.2, 0.25) is 0 Å². The highest BCUT2D eigenvalue weighted by Crippen LogP contribution is 2.32. The van der Waals surface area contributed by atoms with Gasteiger partial charge in [-0.1, -0.05) is 37.8 Å². The smallest absolute Gasteiger partial charge is 0.270 e. The Kier molecular flexibility index (Phi) is 8.99. The number of nitrogens with one attached hydrogen (secondary N) is 1. The maximum absolute atomic E-state index is 12.8. The third kappa shape index (κ3) is 6.25. The van der Waals surface area contributed by atoms with E-state index in [1.54, 1.807) is 4.68 Å². The average molecular weight is 556 g/mol. The van der Waals surface area contributed by atoms with Gasteiger partial charge in [0.15, 0.2) is 0 Å². The van der Waals surface area contributed by atoms with E-state index in [9.17, 15) is 4.79 Å². The van der Waals surface area contributed by atoms with Crippen molar-refractivity contribution in [2.45, 2.75) is 71.8 Å². The molecular formula is C28H39BrN6O. The second-order valence-electron chi connectivity index (χ2n) is 10.3. The standard InChI is InChI=1S/C28H39BrN6O/c1-5-35-26(25(29)19(2)33-35)28(36)30-18-21-16-14-20(15-17-21)10-6-9-13-24-31-23-12-8-7-11-22(23)27(32-24)34(3)4/h7-8,11-12,20-21H,5-6,9-10,13-18H2,1-4H3,(H,30,36). The number of rotatable bonds is 10. The molecule has 2 aromatic heterocycles. The number of hydrogen-bond donors (Lipinski definition) is 1. The number of halogens is 1. The Morgan fingerprint density at radius 2 is 1.83 bits per heavy atom. The van der Waals surface area contributed by atoms with E-state index in [-0.39, 0.29) is 5.91 Å². The fourth-order valence-electron chi connectivity index (χ4n) is 5.33. The monoisotopic (exact) mass is 554 g/mol. The first kappa shape index (κ1) is 26.6. The summed E-state index contributed by atoms with van der Waals surface area (Å²) in [5.74, 6) is 3.29. The second kappa shape index (κ2) is 12.2. The van der Waals surface area contributed by atoms with Gasteiger partial charge < -0.3 is 10.2 Å². The lowest BCUT2D eigenvalue weighted by Gasteiger charge is -2.28. The van der Waals surface area contributed by atoms with E-state index in [1.165, 1.54) is 38.5 Å². The van der Waals surface area contributed by atoms with Gasteiger partial charge in [0.1, 0.15) is 17.3 Å². The third-order valence-electron chi connectivity index (χ3n) is 7.40. The first-order chi connectivity index (χ1) is 17.4. The molecular weight excluding hydrogens is 516 g/mol. The van der Waals surface area contributed by atoms with Gasteiger partial charge in [-0.3, -0.25) is 9.48 Å². The van der Waals surface area contributed by atoms with Gasteiger partial charge in [0.25, 0.3) is 5.91 Å². The summed E-state index contributed by atoms with van der Waals surface area (Å²) in [5.41, 5.74) is 2.52. The summed E-state index contributed by atoms with van der Waals surface area (Å²) in [4.78, 5) is 24.5. The van der Waals surface area contributed by atoms with Crippen LogP contribution in [0, 0.1) is 18.8 Å². The van der Waals surface area contributed by atoms with Gasteiger partial charge in [-0.05, 0) is 73.0 Å². The minimum atomic E-state index is -0.0280. The van der Waals surface area contributed by atoms with Crippen LogP contribution in [0.5, 0.6) is 0 Å². The van der Waals surface area contributed by atoms with Crippen molar-refractivity contribution in [2.75, 3.05) is 25.5 Å². The summed E-state index contributed by atoms with van der Waals surface area (Å²) >= 11 is 3.53. The zero-order chi connectivity index (χ0) is 25.7. The number of nitrogens with zero attached hydrogens (tertiary/aromatic N) is 5. The molecule has 4 rings (SSSR count). The molecule has 1 aromatic carbocycles. The van der Waals surface area contributed by atoms with E-state index >= 15 is 0 Å². The highest BCUT2D eigenvalue weighted by atomic mass is 79.9. The average Bonchev–Trinajstić information content (AvgIpc) is 3.18. The fraction of sp³-hybridized carbons (Fsp3) is 0.571. The first-order valence-corrected chi connectivity index (χ1v) is 14.1. The van der Waals surface area contributed by atoms with Crippen LogP contribution in [0.1, 0.15) is 73.9 Å². The molecule has 0 spiro atoms. The molecule has 8 heteroatoms. The SMILES string of the molecule is CCn1nc(C)c(Br)c1C(=O)NCC1CCC(CCCCc2nc(N(C)C)c3ccccc3n2)CC1. The Balaban J connectivity index is 1.19. The number of carbonyl (C=O) groups is 1. The predicted molar refractivity (Wildman–Crippen MR) is 150 cm³/mol. The molecule has 1 amide bonds. The normalized spacial score (nSPS) is 17.9. The lowest BCUT2D eigenvalue weighted by atomic mass is 9.79. The maximum atomic E-state index is 12.8. The molecule has 1 saturated carbocycles. The first-order valence-electron chi connectivity index (χ1n) is 13.3. The second-order valence-corrected chi connectivity index (χ2v) is 11.1. The van der Waals surface area contributed by atoms with E-state index in [4.69, 9.17) is 9.97 Å². The van der Waals surface area contributed by atoms with Crippen molar-refractivity contribution >= 4 is 38.6 Å². The Bertz CT molecular complexity index is 1180. The zero-order valence-electron chi connectivity index (χ0n) is 22.1. The van der Waals surface area contributed by atoms with Crippen molar-refractivity contribution in [1.29, 1.82) is 0 Å². The maximum Gasteiger partial charge on any atom is 0.270 e. The van der Waals surface area contributed by atoms with Crippen LogP contribution in [0.15, 0.2) is 28.7 Å². The Hall–Kier alpha value is -2.48. The fourth-order valence-corrected chi connectivity index (χ4v) is 5.79. The Morgan fingerprint density at radius 3 is 2.56 bits per heavy atom. The van der Waals surface area contributed by atoms with Crippen molar-refractivity contribution in [1.82, 2.24) is 25.1 Å². The summed E-state index contributed by atoms with van der Waals surface area (Å²) in [6.07, 6.45) is 9.44. The van der Waals surface area contributed by atoms with Crippen molar-refractivity contribution in [3.63, 3.8) is 0 Å². The molecule has 0 bridgehead atoms. The molecule has 3 aromatic rings. The zero-order valence-corrected chi connectivity index (χ0v) is 23.6. The van der Waals surface area contributed by atoms with E-state index < -0.39 is 0 Å². The summed E-state index contributed by atoms with van der Waals surface area (Å²) in [5, 5.41) is 8.70. The quantitative estimate of drug-likeness (QED) is 0.314. The van der Waals surface area contributed by atoms with Gasteiger partial charge in [-0.25, -0.2) is 9.97 Å². The third-order valence-corrected chi connectivity index (χ3v) is 8.35. The molecule has 0 unspecified atom stereocenters. The number of amides is 1. The number of aryl methyl sites for hydroxylation is 3. The predicted octanol–water partition coefficient (Wildman–Crippen LogP) is 5.93. The van der Waals surface area contributed by atoms with Crippen LogP contribution in [0.4, 0.5) is 5.82 Å². The molecule has 36 heavy (non-hydrogen) atoms. The molecule has 1 aliphatic rings. The van der Waals surface area contributed by atoms with Gasteiger partial charge in [0, 0.05) is 39.0 Å². The van der Waals surface area contributed by atoms with Gasteiger partial charge >= 0.3 is 0 Å². The summed E-state index contributed by atoms with van der Waals surface area (Å²) in [7, 11) is 4.08. The Labute approximate surface area is 223 Å². The number of unbranched alkanes of at least 4 members (excludes halogenated alkanes) is 1. The highest BCUT2D eigenvalue weighted by Gasteiger charge is 2.24. The number of fused-ring (bicyclic) bond motifs is 1. The molecule has 1 N–H and O–H groups in total. The highest BCUT2D eigenvalue weighted by molar-refractivity contribution is 9.10. The van der Waals surface area contributed by atoms with E-state index in [1.807, 2.05) is 40.1 Å². The van der Waals surface area contributed by atoms with Crippen molar-refractivity contribution in [3.05, 3.63) is 46.0 Å². The van der Waals surface area contributed by atoms with Gasteiger partial charge in [-0.2, -0.15) is 5.10 Å². The van der Waals surface area contributed by atoms with E-state index in [0.29, 0.717) is 18.2 Å². The minimum absolute atomic E-state index is 0.0280. The van der Waals surface area contributed by atoms with Crippen LogP contribution >= 0.6 is 15.9 Å². The van der Waals surface area contributed by atoms with E-state index in [2.05, 4.69) is 43.4 Å². The molecule has 194 valence electrons. The van der Waals surface area contributed by atoms with Crippen molar-refractivity contribution in [3.8, 4) is 0 Å². The lowest BCUT2D eigenvalue weighted by molar-refractivity contribution is 0.0929. The van der Waals surface area contributed by atoms with Gasteiger partial charge in [0.05, 0.1) is 15.7 Å². The molecule has 0 saturated heterocycles. The molecule has 1 fully saturated rings. The van der Waals surface area contributed by atoms with Crippen molar-refractivity contribution in [2.24, 2.45) is 11.8 Å². The lowest BCUT2D eigenvalue weighted by Crippen LogP contribution is -2.32. The molecule has 1 aliphatic carbocycles. The van der Waals surface area contributed by atoms with E-state index in [0.717, 1.165) is 58.0 Å². The number of benzene rings is 1. The van der Waals surface area contributed by atoms with Crippen molar-refractivity contribution < 1.29 is 4.79 Å². The largest absolute Gasteiger partial charge is 0.362 e. The van der Waals surface area contributed by atoms with Crippen LogP contribution in [0.25, 0.3) is 10.9 Å². The molecule has 7 nitrogen and oxygen atoms in total. The summed E-state index contributed by atoms with van der Waals surface area (Å²) in [6.45, 7) is 5.36. The molecule has 0 atom stereocenters. The summed E-state index contributed by atoms with van der Waals surface area (Å²) in [6, 6.07) is 8.26. The topological polar surface area (TPSA) is 75.9 Å². The number of para-hydroxylation sites is 1. The van der Waals surface area contributed by atoms with Crippen LogP contribution in [0.3, 0.4) is 0 Å². The minimum Gasteiger partial charge on any atom is -0.362 e. The Morgan fingerprint density at radius 1 is 1.11 bits per heavy atom. The van der Waals surface area contributed by atoms with Crippen LogP contribution in [0.2, 0.25) is 0 Å². The summed E-state index contributed by atoms with van der Waals surface area (Å²) < 4.78 is 2.58. The molecule has 0 aliphatic heterocycles.